The van der Waals surface area contributed by atoms with Gasteiger partial charge in [0.25, 0.3) is 5.69 Å². The Bertz CT molecular complexity index is 1110. The maximum absolute atomic E-state index is 11.6. The molecule has 0 saturated heterocycles. The van der Waals surface area contributed by atoms with E-state index in [2.05, 4.69) is 9.97 Å². The Hall–Kier alpha value is -3.87. The van der Waals surface area contributed by atoms with E-state index >= 15 is 0 Å². The molecule has 0 aliphatic heterocycles. The fraction of sp³-hybridized carbons (Fsp3) is 0.0952. The Kier molecular flexibility index (Phi) is 4.63. The van der Waals surface area contributed by atoms with Crippen LogP contribution in [0.2, 0.25) is 0 Å². The standard InChI is InChI=1S/C21H17N3O4/c1-27-19-12-18(24(25)26)15(21-22-16-9-5-6-10-17(16)23-21)11-20(19)28-13-14-7-3-2-4-8-14/h2-12H,13H2,1H3,(H,22,23). The van der Waals surface area contributed by atoms with Gasteiger partial charge in [-0.2, -0.15) is 0 Å². The molecular formula is C21H17N3O4. The van der Waals surface area contributed by atoms with Gasteiger partial charge < -0.3 is 14.5 Å². The van der Waals surface area contributed by atoms with E-state index in [0.29, 0.717) is 29.5 Å². The number of imidazole rings is 1. The summed E-state index contributed by atoms with van der Waals surface area (Å²) >= 11 is 0. The summed E-state index contributed by atoms with van der Waals surface area (Å²) in [5, 5.41) is 11.6. The van der Waals surface area contributed by atoms with Crippen molar-refractivity contribution in [1.82, 2.24) is 9.97 Å². The van der Waals surface area contributed by atoms with Crippen molar-refractivity contribution in [3.8, 4) is 22.9 Å². The molecule has 7 nitrogen and oxygen atoms in total. The molecule has 140 valence electrons. The molecule has 0 saturated carbocycles. The van der Waals surface area contributed by atoms with E-state index in [1.807, 2.05) is 54.6 Å². The van der Waals surface area contributed by atoms with Crippen molar-refractivity contribution in [2.24, 2.45) is 0 Å². The van der Waals surface area contributed by atoms with Gasteiger partial charge in [-0.3, -0.25) is 10.1 Å². The normalized spacial score (nSPS) is 10.8. The number of nitro benzene ring substituents is 1. The second kappa shape index (κ2) is 7.40. The summed E-state index contributed by atoms with van der Waals surface area (Å²) in [6.45, 7) is 0.314. The van der Waals surface area contributed by atoms with Gasteiger partial charge in [-0.15, -0.1) is 0 Å². The number of hydrogen-bond acceptors (Lipinski definition) is 5. The number of nitro groups is 1. The topological polar surface area (TPSA) is 90.3 Å². The van der Waals surface area contributed by atoms with Crippen LogP contribution in [0.1, 0.15) is 5.56 Å². The van der Waals surface area contributed by atoms with E-state index in [1.165, 1.54) is 13.2 Å². The van der Waals surface area contributed by atoms with Crippen LogP contribution in [0.5, 0.6) is 11.5 Å². The minimum atomic E-state index is -0.452. The second-order valence-electron chi connectivity index (χ2n) is 6.15. The van der Waals surface area contributed by atoms with Crippen molar-refractivity contribution in [3.63, 3.8) is 0 Å². The highest BCUT2D eigenvalue weighted by Gasteiger charge is 2.23. The first-order valence-corrected chi connectivity index (χ1v) is 8.64. The van der Waals surface area contributed by atoms with Gasteiger partial charge in [-0.05, 0) is 17.7 Å². The molecule has 0 fully saturated rings. The Labute approximate surface area is 160 Å². The number of hydrogen-bond donors (Lipinski definition) is 1. The summed E-state index contributed by atoms with van der Waals surface area (Å²) in [7, 11) is 1.45. The van der Waals surface area contributed by atoms with Crippen molar-refractivity contribution in [1.29, 1.82) is 0 Å². The van der Waals surface area contributed by atoms with Crippen molar-refractivity contribution >= 4 is 16.7 Å². The van der Waals surface area contributed by atoms with Crippen molar-refractivity contribution < 1.29 is 14.4 Å². The molecule has 0 aliphatic carbocycles. The van der Waals surface area contributed by atoms with Gasteiger partial charge in [0.15, 0.2) is 11.5 Å². The van der Waals surface area contributed by atoms with Gasteiger partial charge in [0.05, 0.1) is 34.7 Å². The summed E-state index contributed by atoms with van der Waals surface area (Å²) in [4.78, 5) is 18.8. The van der Waals surface area contributed by atoms with E-state index in [4.69, 9.17) is 9.47 Å². The van der Waals surface area contributed by atoms with Crippen LogP contribution in [0.4, 0.5) is 5.69 Å². The lowest BCUT2D eigenvalue weighted by Gasteiger charge is -2.12. The van der Waals surface area contributed by atoms with E-state index in [9.17, 15) is 10.1 Å². The van der Waals surface area contributed by atoms with Crippen molar-refractivity contribution in [3.05, 3.63) is 82.4 Å². The molecule has 1 heterocycles. The van der Waals surface area contributed by atoms with Crippen LogP contribution in [0, 0.1) is 10.1 Å². The largest absolute Gasteiger partial charge is 0.493 e. The van der Waals surface area contributed by atoms with Crippen LogP contribution in [0.15, 0.2) is 66.7 Å². The fourth-order valence-electron chi connectivity index (χ4n) is 2.98. The first-order chi connectivity index (χ1) is 13.7. The molecular weight excluding hydrogens is 358 g/mol. The lowest BCUT2D eigenvalue weighted by molar-refractivity contribution is -0.384. The van der Waals surface area contributed by atoms with Crippen LogP contribution in [-0.2, 0) is 6.61 Å². The number of rotatable bonds is 6. The van der Waals surface area contributed by atoms with Gasteiger partial charge in [-0.25, -0.2) is 4.98 Å². The smallest absolute Gasteiger partial charge is 0.284 e. The number of aromatic amines is 1. The van der Waals surface area contributed by atoms with Crippen LogP contribution >= 0.6 is 0 Å². The van der Waals surface area contributed by atoms with E-state index < -0.39 is 4.92 Å². The minimum absolute atomic E-state index is 0.108. The Balaban J connectivity index is 1.78. The number of methoxy groups -OCH3 is 1. The molecule has 4 rings (SSSR count). The number of aromatic nitrogens is 2. The molecule has 28 heavy (non-hydrogen) atoms. The zero-order chi connectivity index (χ0) is 19.5. The highest BCUT2D eigenvalue weighted by atomic mass is 16.6. The molecule has 0 radical (unpaired) electrons. The Morgan fingerprint density at radius 3 is 2.50 bits per heavy atom. The first-order valence-electron chi connectivity index (χ1n) is 8.64. The molecule has 3 aromatic carbocycles. The van der Waals surface area contributed by atoms with Gasteiger partial charge in [0, 0.05) is 6.07 Å². The summed E-state index contributed by atoms with van der Waals surface area (Å²) in [6.07, 6.45) is 0. The maximum atomic E-state index is 11.6. The average Bonchev–Trinajstić information content (AvgIpc) is 3.16. The lowest BCUT2D eigenvalue weighted by Crippen LogP contribution is -2.00. The van der Waals surface area contributed by atoms with E-state index in [0.717, 1.165) is 16.6 Å². The molecule has 0 spiro atoms. The number of nitrogens with zero attached hydrogens (tertiary/aromatic N) is 2. The quantitative estimate of drug-likeness (QED) is 0.389. The summed E-state index contributed by atoms with van der Waals surface area (Å²) in [5.74, 6) is 1.11. The zero-order valence-corrected chi connectivity index (χ0v) is 15.1. The summed E-state index contributed by atoms with van der Waals surface area (Å²) in [5.41, 5.74) is 2.74. The number of H-pyrrole nitrogens is 1. The molecule has 0 atom stereocenters. The highest BCUT2D eigenvalue weighted by Crippen LogP contribution is 2.39. The molecule has 0 aliphatic rings. The Morgan fingerprint density at radius 1 is 1.04 bits per heavy atom. The fourth-order valence-corrected chi connectivity index (χ4v) is 2.98. The lowest BCUT2D eigenvalue weighted by atomic mass is 10.1. The van der Waals surface area contributed by atoms with E-state index in [1.54, 1.807) is 6.07 Å². The van der Waals surface area contributed by atoms with Crippen LogP contribution in [-0.4, -0.2) is 22.0 Å². The Morgan fingerprint density at radius 2 is 1.79 bits per heavy atom. The van der Waals surface area contributed by atoms with Crippen molar-refractivity contribution in [2.45, 2.75) is 6.61 Å². The molecule has 1 N–H and O–H groups in total. The highest BCUT2D eigenvalue weighted by molar-refractivity contribution is 5.82. The van der Waals surface area contributed by atoms with Gasteiger partial charge in [0.2, 0.25) is 0 Å². The third-order valence-corrected chi connectivity index (χ3v) is 4.36. The first kappa shape index (κ1) is 17.5. The number of nitrogens with one attached hydrogen (secondary N) is 1. The van der Waals surface area contributed by atoms with Gasteiger partial charge in [0.1, 0.15) is 12.4 Å². The van der Waals surface area contributed by atoms with Crippen LogP contribution < -0.4 is 9.47 Å². The average molecular weight is 375 g/mol. The monoisotopic (exact) mass is 375 g/mol. The second-order valence-corrected chi connectivity index (χ2v) is 6.15. The molecule has 0 bridgehead atoms. The molecule has 1 aromatic heterocycles. The molecule has 0 amide bonds. The third kappa shape index (κ3) is 3.37. The number of benzene rings is 3. The minimum Gasteiger partial charge on any atom is -0.493 e. The zero-order valence-electron chi connectivity index (χ0n) is 15.1. The molecule has 0 unspecified atom stereocenters. The van der Waals surface area contributed by atoms with Gasteiger partial charge >= 0.3 is 0 Å². The number of fused-ring (bicyclic) bond motifs is 1. The summed E-state index contributed by atoms with van der Waals surface area (Å²) < 4.78 is 11.2. The molecule has 4 aromatic rings. The number of ether oxygens (including phenoxy) is 2. The molecule has 7 heteroatoms. The van der Waals surface area contributed by atoms with E-state index in [-0.39, 0.29) is 5.69 Å². The number of para-hydroxylation sites is 2. The third-order valence-electron chi connectivity index (χ3n) is 4.36. The maximum Gasteiger partial charge on any atom is 0.284 e. The van der Waals surface area contributed by atoms with Gasteiger partial charge in [-0.1, -0.05) is 42.5 Å². The predicted molar refractivity (Wildman–Crippen MR) is 106 cm³/mol. The predicted octanol–water partition coefficient (Wildman–Crippen LogP) is 4.73. The summed E-state index contributed by atoms with van der Waals surface area (Å²) in [6, 6.07) is 20.1. The SMILES string of the molecule is COc1cc([N+](=O)[O-])c(-c2nc3ccccc3[nH]2)cc1OCc1ccccc1. The van der Waals surface area contributed by atoms with Crippen LogP contribution in [0.25, 0.3) is 22.4 Å². The van der Waals surface area contributed by atoms with Crippen molar-refractivity contribution in [2.75, 3.05) is 7.11 Å². The van der Waals surface area contributed by atoms with Crippen LogP contribution in [0.3, 0.4) is 0 Å².